The van der Waals surface area contributed by atoms with E-state index in [0.29, 0.717) is 15.8 Å². The molecular formula is C12H10BrNO2S2. The number of thioether (sulfide) groups is 1. The Morgan fingerprint density at radius 1 is 1.56 bits per heavy atom. The fourth-order valence-corrected chi connectivity index (χ4v) is 2.90. The lowest BCUT2D eigenvalue weighted by Gasteiger charge is -2.07. The molecule has 1 aromatic rings. The molecule has 1 aliphatic rings. The minimum absolute atomic E-state index is 0.160. The van der Waals surface area contributed by atoms with Crippen LogP contribution in [0, 0.1) is 0 Å². The van der Waals surface area contributed by atoms with Crippen LogP contribution < -0.4 is 10.1 Å². The molecule has 0 bridgehead atoms. The highest BCUT2D eigenvalue weighted by atomic mass is 79.9. The molecule has 6 heteroatoms. The van der Waals surface area contributed by atoms with Crippen molar-refractivity contribution in [1.82, 2.24) is 5.32 Å². The molecule has 1 N–H and O–H groups in total. The van der Waals surface area contributed by atoms with E-state index in [0.717, 1.165) is 15.8 Å². The van der Waals surface area contributed by atoms with Crippen LogP contribution in [-0.2, 0) is 4.79 Å². The van der Waals surface area contributed by atoms with Gasteiger partial charge in [-0.25, -0.2) is 0 Å². The van der Waals surface area contributed by atoms with Crippen molar-refractivity contribution >= 4 is 56.2 Å². The molecule has 1 aromatic carbocycles. The molecule has 1 saturated heterocycles. The van der Waals surface area contributed by atoms with E-state index >= 15 is 0 Å². The first-order valence-electron chi connectivity index (χ1n) is 5.27. The molecule has 18 heavy (non-hydrogen) atoms. The van der Waals surface area contributed by atoms with Gasteiger partial charge >= 0.3 is 0 Å². The average Bonchev–Trinajstić information content (AvgIpc) is 2.61. The second-order valence-corrected chi connectivity index (χ2v) is 6.10. The molecule has 2 rings (SSSR count). The Morgan fingerprint density at radius 3 is 2.94 bits per heavy atom. The van der Waals surface area contributed by atoms with E-state index in [1.807, 2.05) is 25.1 Å². The molecule has 0 saturated carbocycles. The van der Waals surface area contributed by atoms with Gasteiger partial charge in [-0.3, -0.25) is 4.79 Å². The second kappa shape index (κ2) is 5.86. The van der Waals surface area contributed by atoms with Crippen LogP contribution in [0.5, 0.6) is 5.75 Å². The first-order chi connectivity index (χ1) is 8.60. The van der Waals surface area contributed by atoms with Gasteiger partial charge in [-0.2, -0.15) is 0 Å². The standard InChI is InChI=1S/C12H10BrNO2S2/c1-2-16-9-4-3-8(13)5-7(9)6-10-11(15)14-12(17)18-10/h3-6H,2H2,1H3,(H,14,15,17)/b10-6-. The van der Waals surface area contributed by atoms with Crippen LogP contribution in [0.4, 0.5) is 0 Å². The van der Waals surface area contributed by atoms with Gasteiger partial charge in [0.2, 0.25) is 0 Å². The van der Waals surface area contributed by atoms with Crippen molar-refractivity contribution < 1.29 is 9.53 Å². The van der Waals surface area contributed by atoms with E-state index in [1.54, 1.807) is 6.08 Å². The Balaban J connectivity index is 2.38. The van der Waals surface area contributed by atoms with Gasteiger partial charge in [0, 0.05) is 10.0 Å². The largest absolute Gasteiger partial charge is 0.493 e. The highest BCUT2D eigenvalue weighted by Gasteiger charge is 2.22. The summed E-state index contributed by atoms with van der Waals surface area (Å²) in [6, 6.07) is 5.68. The maximum atomic E-state index is 11.6. The first kappa shape index (κ1) is 13.6. The zero-order valence-corrected chi connectivity index (χ0v) is 12.7. The third-order valence-corrected chi connectivity index (χ3v) is 3.86. The maximum absolute atomic E-state index is 11.6. The number of amides is 1. The fraction of sp³-hybridized carbons (Fsp3) is 0.167. The van der Waals surface area contributed by atoms with E-state index < -0.39 is 0 Å². The monoisotopic (exact) mass is 343 g/mol. The van der Waals surface area contributed by atoms with Crippen molar-refractivity contribution in [2.24, 2.45) is 0 Å². The van der Waals surface area contributed by atoms with Gasteiger partial charge in [0.25, 0.3) is 5.91 Å². The smallest absolute Gasteiger partial charge is 0.263 e. The van der Waals surface area contributed by atoms with Gasteiger partial charge in [0.05, 0.1) is 11.5 Å². The van der Waals surface area contributed by atoms with E-state index in [1.165, 1.54) is 11.8 Å². The van der Waals surface area contributed by atoms with Crippen LogP contribution in [0.15, 0.2) is 27.6 Å². The van der Waals surface area contributed by atoms with E-state index in [9.17, 15) is 4.79 Å². The van der Waals surface area contributed by atoms with Crippen molar-refractivity contribution in [1.29, 1.82) is 0 Å². The molecule has 1 fully saturated rings. The number of carbonyl (C=O) groups excluding carboxylic acids is 1. The zero-order chi connectivity index (χ0) is 13.1. The van der Waals surface area contributed by atoms with Crippen molar-refractivity contribution in [3.63, 3.8) is 0 Å². The molecule has 1 amide bonds. The Hall–Kier alpha value is -0.850. The molecule has 0 aliphatic carbocycles. The number of rotatable bonds is 3. The van der Waals surface area contributed by atoms with E-state index in [4.69, 9.17) is 17.0 Å². The molecule has 0 aromatic heterocycles. The molecular weight excluding hydrogens is 334 g/mol. The van der Waals surface area contributed by atoms with Crippen LogP contribution in [0.25, 0.3) is 6.08 Å². The number of hydrogen-bond donors (Lipinski definition) is 1. The minimum Gasteiger partial charge on any atom is -0.493 e. The topological polar surface area (TPSA) is 38.3 Å². The molecule has 94 valence electrons. The minimum atomic E-state index is -0.160. The summed E-state index contributed by atoms with van der Waals surface area (Å²) in [7, 11) is 0. The van der Waals surface area contributed by atoms with E-state index in [-0.39, 0.29) is 5.91 Å². The molecule has 3 nitrogen and oxygen atoms in total. The summed E-state index contributed by atoms with van der Waals surface area (Å²) < 4.78 is 6.94. The summed E-state index contributed by atoms with van der Waals surface area (Å²) >= 11 is 9.62. The summed E-state index contributed by atoms with van der Waals surface area (Å²) in [4.78, 5) is 12.2. The Kier molecular flexibility index (Phi) is 4.42. The van der Waals surface area contributed by atoms with Crippen molar-refractivity contribution in [2.45, 2.75) is 6.92 Å². The number of ether oxygens (including phenoxy) is 1. The number of benzene rings is 1. The molecule has 1 aliphatic heterocycles. The summed E-state index contributed by atoms with van der Waals surface area (Å²) in [5.41, 5.74) is 0.855. The molecule has 0 unspecified atom stereocenters. The van der Waals surface area contributed by atoms with Crippen LogP contribution in [0.3, 0.4) is 0 Å². The van der Waals surface area contributed by atoms with E-state index in [2.05, 4.69) is 21.2 Å². The lowest BCUT2D eigenvalue weighted by atomic mass is 10.2. The molecule has 1 heterocycles. The van der Waals surface area contributed by atoms with Crippen LogP contribution in [0.1, 0.15) is 12.5 Å². The van der Waals surface area contributed by atoms with Crippen molar-refractivity contribution in [2.75, 3.05) is 6.61 Å². The summed E-state index contributed by atoms with van der Waals surface area (Å²) in [6.07, 6.45) is 1.79. The molecule has 0 radical (unpaired) electrons. The van der Waals surface area contributed by atoms with Crippen molar-refractivity contribution in [3.05, 3.63) is 33.1 Å². The van der Waals surface area contributed by atoms with Crippen LogP contribution >= 0.6 is 39.9 Å². The lowest BCUT2D eigenvalue weighted by molar-refractivity contribution is -0.115. The van der Waals surface area contributed by atoms with Gasteiger partial charge in [-0.1, -0.05) is 39.9 Å². The van der Waals surface area contributed by atoms with Crippen molar-refractivity contribution in [3.8, 4) is 5.75 Å². The van der Waals surface area contributed by atoms with Gasteiger partial charge in [-0.15, -0.1) is 0 Å². The highest BCUT2D eigenvalue weighted by Crippen LogP contribution is 2.30. The Labute approximate surface area is 123 Å². The molecule has 0 atom stereocenters. The fourth-order valence-electron chi connectivity index (χ4n) is 1.48. The Morgan fingerprint density at radius 2 is 2.33 bits per heavy atom. The third-order valence-electron chi connectivity index (χ3n) is 2.20. The average molecular weight is 344 g/mol. The quantitative estimate of drug-likeness (QED) is 0.674. The van der Waals surface area contributed by atoms with Crippen LogP contribution in [-0.4, -0.2) is 16.8 Å². The number of nitrogens with one attached hydrogen (secondary N) is 1. The van der Waals surface area contributed by atoms with Gasteiger partial charge in [0.15, 0.2) is 0 Å². The number of hydrogen-bond acceptors (Lipinski definition) is 4. The number of carbonyl (C=O) groups is 1. The normalized spacial score (nSPS) is 17.1. The van der Waals surface area contributed by atoms with Gasteiger partial charge < -0.3 is 10.1 Å². The third kappa shape index (κ3) is 3.13. The van der Waals surface area contributed by atoms with Gasteiger partial charge in [0.1, 0.15) is 10.1 Å². The summed E-state index contributed by atoms with van der Waals surface area (Å²) in [5, 5.41) is 2.59. The number of thiocarbonyl (C=S) groups is 1. The summed E-state index contributed by atoms with van der Waals surface area (Å²) in [6.45, 7) is 2.50. The lowest BCUT2D eigenvalue weighted by Crippen LogP contribution is -2.17. The maximum Gasteiger partial charge on any atom is 0.263 e. The predicted molar refractivity (Wildman–Crippen MR) is 81.6 cm³/mol. The van der Waals surface area contributed by atoms with Crippen LogP contribution in [0.2, 0.25) is 0 Å². The molecule has 0 spiro atoms. The summed E-state index contributed by atoms with van der Waals surface area (Å²) in [5.74, 6) is 0.590. The zero-order valence-electron chi connectivity index (χ0n) is 9.53. The SMILES string of the molecule is CCOc1ccc(Br)cc1/C=C1\SC(=S)NC1=O. The highest BCUT2D eigenvalue weighted by molar-refractivity contribution is 9.10. The second-order valence-electron chi connectivity index (χ2n) is 3.47. The van der Waals surface area contributed by atoms with Gasteiger partial charge in [-0.05, 0) is 31.2 Å². The number of halogens is 1. The first-order valence-corrected chi connectivity index (χ1v) is 7.29. The Bertz CT molecular complexity index is 543. The predicted octanol–water partition coefficient (Wildman–Crippen LogP) is 3.34.